The van der Waals surface area contributed by atoms with Crippen LogP contribution < -0.4 is 10.1 Å². The second-order valence-corrected chi connectivity index (χ2v) is 6.11. The molecule has 1 heterocycles. The van der Waals surface area contributed by atoms with E-state index in [1.54, 1.807) is 12.1 Å². The maximum absolute atomic E-state index is 12.6. The normalized spacial score (nSPS) is 12.0. The number of hydrogen-bond acceptors (Lipinski definition) is 5. The molecule has 0 radical (unpaired) electrons. The van der Waals surface area contributed by atoms with Gasteiger partial charge in [0, 0.05) is 10.9 Å². The predicted octanol–water partition coefficient (Wildman–Crippen LogP) is 2.75. The van der Waals surface area contributed by atoms with Gasteiger partial charge >= 0.3 is 5.97 Å². The Hall–Kier alpha value is -2.48. The molecule has 1 amide bonds. The molecule has 128 valence electrons. The Kier molecular flexibility index (Phi) is 5.86. The molecule has 0 bridgehead atoms. The monoisotopic (exact) mass is 352 g/mol. The van der Waals surface area contributed by atoms with Crippen molar-refractivity contribution < 1.29 is 23.8 Å². The number of carbonyl (C=O) groups excluding carboxylic acids is 1. The second-order valence-electron chi connectivity index (χ2n) is 5.25. The van der Waals surface area contributed by atoms with Crippen molar-refractivity contribution >= 4 is 23.2 Å². The molecule has 0 aliphatic rings. The fourth-order valence-electron chi connectivity index (χ4n) is 1.86. The molecule has 24 heavy (non-hydrogen) atoms. The average Bonchev–Trinajstić information content (AvgIpc) is 3.02. The molecule has 1 unspecified atom stereocenters. The van der Waals surface area contributed by atoms with Crippen LogP contribution in [0.2, 0.25) is 0 Å². The standard InChI is InChI=1S/C16H17FN2O4S/c1-9(2)23-11-5-3-10(4-6-11)15-19-13(8-24-15)14(20)18-12(7-17)16(21)22/h3-6,8-9,12H,7H2,1-2H3,(H,18,20)(H,21,22). The maximum atomic E-state index is 12.6. The minimum absolute atomic E-state index is 0.0530. The first kappa shape index (κ1) is 17.9. The zero-order valence-electron chi connectivity index (χ0n) is 13.2. The number of alkyl halides is 1. The number of ether oxygens (including phenoxy) is 1. The number of hydrogen-bond donors (Lipinski definition) is 2. The van der Waals surface area contributed by atoms with Gasteiger partial charge in [-0.15, -0.1) is 11.3 Å². The van der Waals surface area contributed by atoms with Crippen molar-refractivity contribution in [1.82, 2.24) is 10.3 Å². The Morgan fingerprint density at radius 2 is 2.00 bits per heavy atom. The van der Waals surface area contributed by atoms with Crippen molar-refractivity contribution in [2.45, 2.75) is 26.0 Å². The number of thiazole rings is 1. The molecule has 1 aromatic carbocycles. The van der Waals surface area contributed by atoms with Crippen molar-refractivity contribution in [2.24, 2.45) is 0 Å². The van der Waals surface area contributed by atoms with E-state index in [1.165, 1.54) is 16.7 Å². The molecule has 0 saturated heterocycles. The lowest BCUT2D eigenvalue weighted by Gasteiger charge is -2.09. The van der Waals surface area contributed by atoms with Gasteiger partial charge in [0.05, 0.1) is 6.10 Å². The number of nitrogens with zero attached hydrogens (tertiary/aromatic N) is 1. The summed E-state index contributed by atoms with van der Waals surface area (Å²) in [6.45, 7) is 2.68. The molecule has 0 aliphatic heterocycles. The Morgan fingerprint density at radius 1 is 1.33 bits per heavy atom. The van der Waals surface area contributed by atoms with Crippen LogP contribution in [0.15, 0.2) is 29.6 Å². The Labute approximate surface area is 142 Å². The summed E-state index contributed by atoms with van der Waals surface area (Å²) in [5.74, 6) is -1.42. The van der Waals surface area contributed by atoms with Crippen LogP contribution in [0, 0.1) is 0 Å². The SMILES string of the molecule is CC(C)Oc1ccc(-c2nc(C(=O)NC(CF)C(=O)O)cs2)cc1. The van der Waals surface area contributed by atoms with Crippen molar-refractivity contribution in [2.75, 3.05) is 6.67 Å². The van der Waals surface area contributed by atoms with E-state index in [0.717, 1.165) is 11.3 Å². The molecular formula is C16H17FN2O4S. The Balaban J connectivity index is 2.09. The van der Waals surface area contributed by atoms with Gasteiger partial charge in [-0.3, -0.25) is 4.79 Å². The van der Waals surface area contributed by atoms with Gasteiger partial charge in [-0.1, -0.05) is 0 Å². The number of amides is 1. The maximum Gasteiger partial charge on any atom is 0.328 e. The second kappa shape index (κ2) is 7.87. The minimum atomic E-state index is -1.57. The van der Waals surface area contributed by atoms with Gasteiger partial charge in [-0.2, -0.15) is 0 Å². The van der Waals surface area contributed by atoms with E-state index >= 15 is 0 Å². The van der Waals surface area contributed by atoms with Gasteiger partial charge in [0.1, 0.15) is 23.1 Å². The number of nitrogens with one attached hydrogen (secondary N) is 1. The van der Waals surface area contributed by atoms with E-state index in [-0.39, 0.29) is 11.8 Å². The molecule has 2 rings (SSSR count). The largest absolute Gasteiger partial charge is 0.491 e. The molecule has 0 aliphatic carbocycles. The van der Waals surface area contributed by atoms with Crippen LogP contribution in [0.3, 0.4) is 0 Å². The van der Waals surface area contributed by atoms with Crippen LogP contribution >= 0.6 is 11.3 Å². The van der Waals surface area contributed by atoms with Crippen LogP contribution in [0.5, 0.6) is 5.75 Å². The first-order chi connectivity index (χ1) is 11.4. The van der Waals surface area contributed by atoms with Crippen molar-refractivity contribution in [1.29, 1.82) is 0 Å². The molecule has 0 saturated carbocycles. The third-order valence-electron chi connectivity index (χ3n) is 2.97. The predicted molar refractivity (Wildman–Crippen MR) is 88.2 cm³/mol. The van der Waals surface area contributed by atoms with E-state index in [2.05, 4.69) is 10.3 Å². The van der Waals surface area contributed by atoms with Crippen LogP contribution in [0.25, 0.3) is 10.6 Å². The number of halogens is 1. The first-order valence-corrected chi connectivity index (χ1v) is 8.11. The molecule has 2 aromatic rings. The summed E-state index contributed by atoms with van der Waals surface area (Å²) in [5, 5.41) is 12.9. The number of carboxylic acid groups (broad SMARTS) is 1. The summed E-state index contributed by atoms with van der Waals surface area (Å²) < 4.78 is 18.1. The zero-order chi connectivity index (χ0) is 17.7. The minimum Gasteiger partial charge on any atom is -0.491 e. The van der Waals surface area contributed by atoms with E-state index in [9.17, 15) is 14.0 Å². The smallest absolute Gasteiger partial charge is 0.328 e. The van der Waals surface area contributed by atoms with Gasteiger partial charge < -0.3 is 15.2 Å². The van der Waals surface area contributed by atoms with E-state index < -0.39 is 24.6 Å². The van der Waals surface area contributed by atoms with Crippen molar-refractivity contribution in [3.05, 3.63) is 35.3 Å². The van der Waals surface area contributed by atoms with E-state index in [0.29, 0.717) is 5.01 Å². The molecule has 2 N–H and O–H groups in total. The lowest BCUT2D eigenvalue weighted by atomic mass is 10.2. The third kappa shape index (κ3) is 4.51. The van der Waals surface area contributed by atoms with Crippen LogP contribution in [0.1, 0.15) is 24.3 Å². The fourth-order valence-corrected chi connectivity index (χ4v) is 2.66. The van der Waals surface area contributed by atoms with Gasteiger partial charge in [-0.05, 0) is 38.1 Å². The summed E-state index contributed by atoms with van der Waals surface area (Å²) in [4.78, 5) is 26.8. The molecule has 8 heteroatoms. The number of rotatable bonds is 7. The average molecular weight is 352 g/mol. The van der Waals surface area contributed by atoms with Crippen molar-refractivity contribution in [3.63, 3.8) is 0 Å². The fraction of sp³-hybridized carbons (Fsp3) is 0.312. The molecule has 1 atom stereocenters. The highest BCUT2D eigenvalue weighted by atomic mass is 32.1. The van der Waals surface area contributed by atoms with E-state index in [1.807, 2.05) is 26.0 Å². The van der Waals surface area contributed by atoms with Gasteiger partial charge in [-0.25, -0.2) is 14.2 Å². The van der Waals surface area contributed by atoms with Crippen LogP contribution in [-0.2, 0) is 4.79 Å². The van der Waals surface area contributed by atoms with Crippen LogP contribution in [-0.4, -0.2) is 40.8 Å². The van der Waals surface area contributed by atoms with Gasteiger partial charge in [0.2, 0.25) is 0 Å². The number of carbonyl (C=O) groups is 2. The molecular weight excluding hydrogens is 335 g/mol. The summed E-state index contributed by atoms with van der Waals surface area (Å²) in [5.41, 5.74) is 0.854. The molecule has 0 spiro atoms. The highest BCUT2D eigenvalue weighted by Gasteiger charge is 2.22. The van der Waals surface area contributed by atoms with Crippen LogP contribution in [0.4, 0.5) is 4.39 Å². The highest BCUT2D eigenvalue weighted by molar-refractivity contribution is 7.13. The summed E-state index contributed by atoms with van der Waals surface area (Å²) in [7, 11) is 0. The quantitative estimate of drug-likeness (QED) is 0.800. The number of aliphatic carboxylic acids is 1. The summed E-state index contributed by atoms with van der Waals surface area (Å²) >= 11 is 1.24. The Bertz CT molecular complexity index is 715. The lowest BCUT2D eigenvalue weighted by molar-refractivity contribution is -0.139. The third-order valence-corrected chi connectivity index (χ3v) is 3.86. The summed E-state index contributed by atoms with van der Waals surface area (Å²) in [6, 6.07) is 5.68. The Morgan fingerprint density at radius 3 is 2.54 bits per heavy atom. The zero-order valence-corrected chi connectivity index (χ0v) is 14.0. The van der Waals surface area contributed by atoms with Gasteiger partial charge in [0.15, 0.2) is 6.04 Å². The highest BCUT2D eigenvalue weighted by Crippen LogP contribution is 2.26. The topological polar surface area (TPSA) is 88.5 Å². The first-order valence-electron chi connectivity index (χ1n) is 7.23. The number of benzene rings is 1. The number of aromatic nitrogens is 1. The van der Waals surface area contributed by atoms with Crippen molar-refractivity contribution in [3.8, 4) is 16.3 Å². The van der Waals surface area contributed by atoms with Gasteiger partial charge in [0.25, 0.3) is 5.91 Å². The van der Waals surface area contributed by atoms with E-state index in [4.69, 9.17) is 9.84 Å². The molecule has 1 aromatic heterocycles. The molecule has 0 fully saturated rings. The molecule has 6 nitrogen and oxygen atoms in total. The number of carboxylic acids is 1. The summed E-state index contributed by atoms with van der Waals surface area (Å²) in [6.07, 6.45) is 0.0729. The lowest BCUT2D eigenvalue weighted by Crippen LogP contribution is -2.42.